The molecule has 1 heterocycles. The van der Waals surface area contributed by atoms with E-state index in [1.807, 2.05) is 16.7 Å². The Labute approximate surface area is 136 Å². The lowest BCUT2D eigenvalue weighted by Crippen LogP contribution is -2.49. The molecule has 0 spiro atoms. The molecule has 0 amide bonds. The average molecular weight is 419 g/mol. The van der Waals surface area contributed by atoms with Crippen LogP contribution in [0.3, 0.4) is 0 Å². The molecular weight excluding hydrogens is 397 g/mol. The Hall–Kier alpha value is 0.300. The van der Waals surface area contributed by atoms with Gasteiger partial charge in [0.15, 0.2) is 15.8 Å². The molecule has 1 saturated heterocycles. The monoisotopic (exact) mass is 419 g/mol. The summed E-state index contributed by atoms with van der Waals surface area (Å²) < 4.78 is 23.0. The quantitative estimate of drug-likeness (QED) is 0.419. The number of hydrogen-bond donors (Lipinski definition) is 1. The van der Waals surface area contributed by atoms with Gasteiger partial charge in [-0.2, -0.15) is 11.8 Å². The molecule has 0 unspecified atom stereocenters. The van der Waals surface area contributed by atoms with Crippen molar-refractivity contribution in [3.63, 3.8) is 0 Å². The van der Waals surface area contributed by atoms with E-state index in [1.165, 1.54) is 6.26 Å². The zero-order chi connectivity index (χ0) is 13.2. The summed E-state index contributed by atoms with van der Waals surface area (Å²) in [4.78, 5) is 6.39. The normalized spacial score (nSPS) is 23.4. The SMILES string of the molecule is CS(=O)(=O)C1(CN=C(N)N2CCSCC2)CCC1.I. The lowest BCUT2D eigenvalue weighted by atomic mass is 9.84. The van der Waals surface area contributed by atoms with Gasteiger partial charge in [0, 0.05) is 30.9 Å². The predicted molar refractivity (Wildman–Crippen MR) is 92.2 cm³/mol. The summed E-state index contributed by atoms with van der Waals surface area (Å²) in [6.07, 6.45) is 3.73. The first-order valence-electron chi connectivity index (χ1n) is 6.27. The highest BCUT2D eigenvalue weighted by Gasteiger charge is 2.46. The fraction of sp³-hybridized carbons (Fsp3) is 0.909. The third-order valence-electron chi connectivity index (χ3n) is 3.92. The van der Waals surface area contributed by atoms with Crippen LogP contribution in [-0.2, 0) is 9.84 Å². The van der Waals surface area contributed by atoms with Gasteiger partial charge in [-0.1, -0.05) is 6.42 Å². The summed E-state index contributed by atoms with van der Waals surface area (Å²) in [6, 6.07) is 0. The van der Waals surface area contributed by atoms with Gasteiger partial charge in [-0.25, -0.2) is 8.42 Å². The van der Waals surface area contributed by atoms with Crippen molar-refractivity contribution in [2.24, 2.45) is 10.7 Å². The van der Waals surface area contributed by atoms with E-state index in [9.17, 15) is 8.42 Å². The van der Waals surface area contributed by atoms with Gasteiger partial charge in [0.25, 0.3) is 0 Å². The molecule has 0 aromatic carbocycles. The maximum absolute atomic E-state index is 11.8. The molecule has 0 bridgehead atoms. The lowest BCUT2D eigenvalue weighted by Gasteiger charge is -2.39. The summed E-state index contributed by atoms with van der Waals surface area (Å²) in [5.74, 6) is 2.63. The Morgan fingerprint density at radius 1 is 1.37 bits per heavy atom. The molecule has 2 N–H and O–H groups in total. The zero-order valence-electron chi connectivity index (χ0n) is 11.2. The van der Waals surface area contributed by atoms with Crippen LogP contribution in [0.5, 0.6) is 0 Å². The number of halogens is 1. The van der Waals surface area contributed by atoms with Crippen LogP contribution in [0.4, 0.5) is 0 Å². The van der Waals surface area contributed by atoms with Crippen LogP contribution in [0.2, 0.25) is 0 Å². The fourth-order valence-electron chi connectivity index (χ4n) is 2.33. The number of rotatable bonds is 3. The minimum absolute atomic E-state index is 0. The van der Waals surface area contributed by atoms with E-state index >= 15 is 0 Å². The minimum atomic E-state index is -3.04. The first-order valence-corrected chi connectivity index (χ1v) is 9.31. The summed E-state index contributed by atoms with van der Waals surface area (Å²) in [5.41, 5.74) is 5.95. The summed E-state index contributed by atoms with van der Waals surface area (Å²) in [7, 11) is -3.04. The Kier molecular flexibility index (Phi) is 6.25. The average Bonchev–Trinajstić information content (AvgIpc) is 2.26. The van der Waals surface area contributed by atoms with Gasteiger partial charge in [-0.05, 0) is 12.8 Å². The van der Waals surface area contributed by atoms with Crippen molar-refractivity contribution in [2.75, 3.05) is 37.4 Å². The third-order valence-corrected chi connectivity index (χ3v) is 6.97. The molecule has 0 radical (unpaired) electrons. The van der Waals surface area contributed by atoms with E-state index < -0.39 is 14.6 Å². The van der Waals surface area contributed by atoms with Gasteiger partial charge in [0.1, 0.15) is 0 Å². The number of nitrogens with two attached hydrogens (primary N) is 1. The largest absolute Gasteiger partial charge is 0.370 e. The molecule has 8 heteroatoms. The summed E-state index contributed by atoms with van der Waals surface area (Å²) >= 11 is 1.91. The van der Waals surface area contributed by atoms with Gasteiger partial charge in [0.05, 0.1) is 11.3 Å². The minimum Gasteiger partial charge on any atom is -0.370 e. The molecule has 1 aliphatic heterocycles. The standard InChI is InChI=1S/C11H21N3O2S2.HI/c1-18(15,16)11(3-2-4-11)9-13-10(12)14-5-7-17-8-6-14;/h2-9H2,1H3,(H2,12,13);1H. The maximum atomic E-state index is 11.8. The van der Waals surface area contributed by atoms with Gasteiger partial charge >= 0.3 is 0 Å². The van der Waals surface area contributed by atoms with Crippen LogP contribution in [0.1, 0.15) is 19.3 Å². The molecule has 0 atom stereocenters. The fourth-order valence-corrected chi connectivity index (χ4v) is 4.57. The van der Waals surface area contributed by atoms with Crippen LogP contribution < -0.4 is 5.73 Å². The molecular formula is C11H22IN3O2S2. The van der Waals surface area contributed by atoms with E-state index in [0.717, 1.165) is 43.9 Å². The second kappa shape index (κ2) is 6.84. The highest BCUT2D eigenvalue weighted by molar-refractivity contribution is 14.0. The number of hydrogen-bond acceptors (Lipinski definition) is 4. The van der Waals surface area contributed by atoms with Crippen molar-refractivity contribution in [3.05, 3.63) is 0 Å². The first-order chi connectivity index (χ1) is 8.45. The van der Waals surface area contributed by atoms with Crippen LogP contribution in [0.15, 0.2) is 4.99 Å². The van der Waals surface area contributed by atoms with Crippen molar-refractivity contribution in [3.8, 4) is 0 Å². The topological polar surface area (TPSA) is 75.8 Å². The molecule has 2 aliphatic rings. The van der Waals surface area contributed by atoms with E-state index in [0.29, 0.717) is 12.5 Å². The highest BCUT2D eigenvalue weighted by atomic mass is 127. The van der Waals surface area contributed by atoms with Crippen molar-refractivity contribution >= 4 is 51.5 Å². The number of aliphatic imine (C=N–C) groups is 1. The second-order valence-electron chi connectivity index (χ2n) is 5.08. The van der Waals surface area contributed by atoms with E-state index in [-0.39, 0.29) is 24.0 Å². The van der Waals surface area contributed by atoms with Crippen molar-refractivity contribution in [1.29, 1.82) is 0 Å². The van der Waals surface area contributed by atoms with E-state index in [2.05, 4.69) is 4.99 Å². The molecule has 2 fully saturated rings. The van der Waals surface area contributed by atoms with Crippen molar-refractivity contribution in [2.45, 2.75) is 24.0 Å². The zero-order valence-corrected chi connectivity index (χ0v) is 15.1. The molecule has 112 valence electrons. The molecule has 1 saturated carbocycles. The Morgan fingerprint density at radius 3 is 2.37 bits per heavy atom. The van der Waals surface area contributed by atoms with E-state index in [4.69, 9.17) is 5.73 Å². The molecule has 5 nitrogen and oxygen atoms in total. The smallest absolute Gasteiger partial charge is 0.191 e. The maximum Gasteiger partial charge on any atom is 0.191 e. The van der Waals surface area contributed by atoms with Crippen molar-refractivity contribution in [1.82, 2.24) is 4.90 Å². The van der Waals surface area contributed by atoms with Crippen LogP contribution in [0, 0.1) is 0 Å². The van der Waals surface area contributed by atoms with Crippen LogP contribution >= 0.6 is 35.7 Å². The van der Waals surface area contributed by atoms with Crippen LogP contribution in [-0.4, -0.2) is 61.4 Å². The highest BCUT2D eigenvalue weighted by Crippen LogP contribution is 2.39. The van der Waals surface area contributed by atoms with E-state index in [1.54, 1.807) is 0 Å². The summed E-state index contributed by atoms with van der Waals surface area (Å²) in [6.45, 7) is 2.14. The van der Waals surface area contributed by atoms with Gasteiger partial charge in [0.2, 0.25) is 0 Å². The van der Waals surface area contributed by atoms with Crippen molar-refractivity contribution < 1.29 is 8.42 Å². The number of thioether (sulfide) groups is 1. The number of guanidine groups is 1. The number of nitrogens with zero attached hydrogens (tertiary/aromatic N) is 2. The number of sulfone groups is 1. The Balaban J connectivity index is 0.00000180. The molecule has 1 aliphatic carbocycles. The van der Waals surface area contributed by atoms with Gasteiger partial charge < -0.3 is 10.6 Å². The van der Waals surface area contributed by atoms with Gasteiger partial charge in [-0.3, -0.25) is 4.99 Å². The Bertz CT molecular complexity index is 429. The Morgan fingerprint density at radius 2 is 1.95 bits per heavy atom. The predicted octanol–water partition coefficient (Wildman–Crippen LogP) is 0.935. The third kappa shape index (κ3) is 3.90. The second-order valence-corrected chi connectivity index (χ2v) is 8.72. The van der Waals surface area contributed by atoms with Crippen LogP contribution in [0.25, 0.3) is 0 Å². The lowest BCUT2D eigenvalue weighted by molar-refractivity contribution is 0.344. The first kappa shape index (κ1) is 17.4. The molecule has 0 aromatic rings. The molecule has 19 heavy (non-hydrogen) atoms. The molecule has 2 rings (SSSR count). The summed E-state index contributed by atoms with van der Waals surface area (Å²) in [5, 5.41) is 0. The van der Waals surface area contributed by atoms with Gasteiger partial charge in [-0.15, -0.1) is 24.0 Å². The molecule has 0 aromatic heterocycles.